The number of anilines is 2. The molecule has 7 heteroatoms. The summed E-state index contributed by atoms with van der Waals surface area (Å²) < 4.78 is 5.60. The molecular formula is C30H40N4O3. The molecule has 1 aliphatic rings. The predicted molar refractivity (Wildman–Crippen MR) is 151 cm³/mol. The van der Waals surface area contributed by atoms with Crippen LogP contribution in [0.15, 0.2) is 72.3 Å². The molecule has 0 bridgehead atoms. The third-order valence-electron chi connectivity index (χ3n) is 6.46. The minimum Gasteiger partial charge on any atom is -0.478 e. The number of carbonyl (C=O) groups is 1. The average Bonchev–Trinajstić information content (AvgIpc) is 2.83. The van der Waals surface area contributed by atoms with Crippen LogP contribution in [0.5, 0.6) is 0 Å². The van der Waals surface area contributed by atoms with Crippen molar-refractivity contribution in [1.29, 1.82) is 0 Å². The molecule has 1 saturated heterocycles. The molecule has 2 heterocycles. The Balaban J connectivity index is 1.80. The SMILES string of the molecule is C=C(CN1CCN(c2cccc(C)n2)CC1C)N(C/C(C)=C/OC=C(C)C)c1cc(C(=O)O)ccc1C. The first-order valence-corrected chi connectivity index (χ1v) is 12.7. The molecular weight excluding hydrogens is 464 g/mol. The molecule has 0 radical (unpaired) electrons. The Morgan fingerprint density at radius 2 is 1.95 bits per heavy atom. The second-order valence-electron chi connectivity index (χ2n) is 10.2. The van der Waals surface area contributed by atoms with Crippen LogP contribution in [0.1, 0.15) is 49.3 Å². The highest BCUT2D eigenvalue weighted by molar-refractivity contribution is 5.89. The number of benzene rings is 1. The zero-order valence-corrected chi connectivity index (χ0v) is 23.0. The number of pyridine rings is 1. The molecule has 1 aliphatic heterocycles. The van der Waals surface area contributed by atoms with Crippen LogP contribution in [0.3, 0.4) is 0 Å². The van der Waals surface area contributed by atoms with E-state index in [9.17, 15) is 9.90 Å². The Hall–Kier alpha value is -3.58. The lowest BCUT2D eigenvalue weighted by Crippen LogP contribution is -2.53. The van der Waals surface area contributed by atoms with Crippen LogP contribution in [-0.2, 0) is 4.74 Å². The summed E-state index contributed by atoms with van der Waals surface area (Å²) in [6, 6.07) is 11.7. The summed E-state index contributed by atoms with van der Waals surface area (Å²) in [5, 5.41) is 9.61. The van der Waals surface area contributed by atoms with Crippen molar-refractivity contribution < 1.29 is 14.6 Å². The van der Waals surface area contributed by atoms with Gasteiger partial charge in [-0.3, -0.25) is 4.90 Å². The van der Waals surface area contributed by atoms with Gasteiger partial charge in [-0.1, -0.05) is 18.7 Å². The van der Waals surface area contributed by atoms with E-state index in [0.717, 1.165) is 59.2 Å². The van der Waals surface area contributed by atoms with E-state index in [-0.39, 0.29) is 5.56 Å². The van der Waals surface area contributed by atoms with Crippen molar-refractivity contribution in [2.45, 2.75) is 47.6 Å². The number of aryl methyl sites for hydroxylation is 2. The van der Waals surface area contributed by atoms with Gasteiger partial charge >= 0.3 is 5.97 Å². The quantitative estimate of drug-likeness (QED) is 0.412. The van der Waals surface area contributed by atoms with Gasteiger partial charge in [0.1, 0.15) is 5.82 Å². The Morgan fingerprint density at radius 1 is 1.19 bits per heavy atom. The first-order chi connectivity index (χ1) is 17.5. The van der Waals surface area contributed by atoms with Crippen molar-refractivity contribution >= 4 is 17.5 Å². The van der Waals surface area contributed by atoms with Crippen molar-refractivity contribution in [1.82, 2.24) is 9.88 Å². The van der Waals surface area contributed by atoms with Crippen LogP contribution >= 0.6 is 0 Å². The molecule has 0 saturated carbocycles. The smallest absolute Gasteiger partial charge is 0.335 e. The van der Waals surface area contributed by atoms with Gasteiger partial charge in [0.15, 0.2) is 0 Å². The molecule has 0 spiro atoms. The molecule has 198 valence electrons. The summed E-state index contributed by atoms with van der Waals surface area (Å²) in [5.41, 5.74) is 6.10. The number of piperazine rings is 1. The third kappa shape index (κ3) is 7.70. The number of aromatic carboxylic acids is 1. The topological polar surface area (TPSA) is 69.1 Å². The van der Waals surface area contributed by atoms with Crippen LogP contribution in [0, 0.1) is 13.8 Å². The average molecular weight is 505 g/mol. The molecule has 1 aromatic carbocycles. The molecule has 7 nitrogen and oxygen atoms in total. The van der Waals surface area contributed by atoms with Gasteiger partial charge < -0.3 is 19.6 Å². The molecule has 0 amide bonds. The molecule has 1 unspecified atom stereocenters. The number of ether oxygens (including phenoxy) is 1. The summed E-state index contributed by atoms with van der Waals surface area (Å²) in [6.45, 7) is 20.5. The van der Waals surface area contributed by atoms with Gasteiger partial charge in [0.25, 0.3) is 0 Å². The molecule has 3 rings (SSSR count). The monoisotopic (exact) mass is 504 g/mol. The standard InChI is InChI=1S/C30H40N4O3/c1-21(2)19-37-20-22(3)16-34(28-15-27(30(35)36)12-11-23(28)4)26(7)18-32-13-14-33(17-25(32)6)29-10-8-9-24(5)31-29/h8-12,15,19-20,25H,7,13-14,16-18H2,1-6H3,(H,35,36)/b22-20+. The van der Waals surface area contributed by atoms with E-state index >= 15 is 0 Å². The molecule has 2 aromatic rings. The maximum atomic E-state index is 11.7. The Morgan fingerprint density at radius 3 is 2.59 bits per heavy atom. The fraction of sp³-hybridized carbons (Fsp3) is 0.400. The maximum absolute atomic E-state index is 11.7. The number of allylic oxidation sites excluding steroid dienone is 1. The normalized spacial score (nSPS) is 16.3. The number of carboxylic acid groups (broad SMARTS) is 1. The van der Waals surface area contributed by atoms with Crippen LogP contribution in [0.4, 0.5) is 11.5 Å². The number of aromatic nitrogens is 1. The zero-order chi connectivity index (χ0) is 27.1. The van der Waals surface area contributed by atoms with Crippen LogP contribution < -0.4 is 9.80 Å². The Bertz CT molecular complexity index is 1180. The van der Waals surface area contributed by atoms with Crippen molar-refractivity contribution in [2.75, 3.05) is 42.5 Å². The summed E-state index contributed by atoms with van der Waals surface area (Å²) in [5.74, 6) is 0.0747. The van der Waals surface area contributed by atoms with Crippen LogP contribution in [0.2, 0.25) is 0 Å². The lowest BCUT2D eigenvalue weighted by Gasteiger charge is -2.42. The number of nitrogens with zero attached hydrogens (tertiary/aromatic N) is 4. The molecule has 0 aliphatic carbocycles. The number of hydrogen-bond acceptors (Lipinski definition) is 6. The van der Waals surface area contributed by atoms with E-state index in [4.69, 9.17) is 9.72 Å². The minimum absolute atomic E-state index is 0.258. The van der Waals surface area contributed by atoms with Gasteiger partial charge in [-0.15, -0.1) is 0 Å². The van der Waals surface area contributed by atoms with E-state index in [1.54, 1.807) is 24.7 Å². The first kappa shape index (κ1) is 28.0. The number of rotatable bonds is 10. The van der Waals surface area contributed by atoms with Crippen molar-refractivity contribution in [2.24, 2.45) is 0 Å². The highest BCUT2D eigenvalue weighted by atomic mass is 16.5. The maximum Gasteiger partial charge on any atom is 0.335 e. The number of hydrogen-bond donors (Lipinski definition) is 1. The van der Waals surface area contributed by atoms with E-state index in [1.807, 2.05) is 46.8 Å². The van der Waals surface area contributed by atoms with Gasteiger partial charge in [-0.05, 0) is 82.5 Å². The summed E-state index contributed by atoms with van der Waals surface area (Å²) in [6.07, 6.45) is 3.45. The summed E-state index contributed by atoms with van der Waals surface area (Å²) >= 11 is 0. The van der Waals surface area contributed by atoms with Gasteiger partial charge in [-0.25, -0.2) is 9.78 Å². The van der Waals surface area contributed by atoms with Crippen LogP contribution in [-0.4, -0.2) is 59.7 Å². The van der Waals surface area contributed by atoms with Gasteiger partial charge in [-0.2, -0.15) is 0 Å². The summed E-state index contributed by atoms with van der Waals surface area (Å²) in [7, 11) is 0. The number of carboxylic acids is 1. The third-order valence-corrected chi connectivity index (χ3v) is 6.46. The van der Waals surface area contributed by atoms with Crippen molar-refractivity contribution in [3.63, 3.8) is 0 Å². The van der Waals surface area contributed by atoms with Crippen molar-refractivity contribution in [3.8, 4) is 0 Å². The fourth-order valence-electron chi connectivity index (χ4n) is 4.44. The second kappa shape index (κ2) is 12.6. The van der Waals surface area contributed by atoms with Crippen LogP contribution in [0.25, 0.3) is 0 Å². The zero-order valence-electron chi connectivity index (χ0n) is 23.0. The molecule has 37 heavy (non-hydrogen) atoms. The van der Waals surface area contributed by atoms with E-state index in [2.05, 4.69) is 40.3 Å². The largest absolute Gasteiger partial charge is 0.478 e. The molecule has 1 N–H and O–H groups in total. The highest BCUT2D eigenvalue weighted by Gasteiger charge is 2.26. The highest BCUT2D eigenvalue weighted by Crippen LogP contribution is 2.27. The van der Waals surface area contributed by atoms with E-state index < -0.39 is 5.97 Å². The fourth-order valence-corrected chi connectivity index (χ4v) is 4.44. The molecule has 1 fully saturated rings. The van der Waals surface area contributed by atoms with Gasteiger partial charge in [0.2, 0.25) is 0 Å². The minimum atomic E-state index is -0.944. The predicted octanol–water partition coefficient (Wildman–Crippen LogP) is 5.77. The lowest BCUT2D eigenvalue weighted by molar-refractivity contribution is 0.0697. The van der Waals surface area contributed by atoms with E-state index in [1.165, 1.54) is 0 Å². The van der Waals surface area contributed by atoms with Gasteiger partial charge in [0, 0.05) is 55.8 Å². The Kier molecular flexibility index (Phi) is 9.53. The van der Waals surface area contributed by atoms with Gasteiger partial charge in [0.05, 0.1) is 18.1 Å². The Labute approximate surface area is 221 Å². The van der Waals surface area contributed by atoms with E-state index in [0.29, 0.717) is 19.1 Å². The first-order valence-electron chi connectivity index (χ1n) is 12.7. The molecule has 1 aromatic heterocycles. The molecule has 1 atom stereocenters. The summed E-state index contributed by atoms with van der Waals surface area (Å²) in [4.78, 5) is 23.3. The van der Waals surface area contributed by atoms with Crippen molar-refractivity contribution in [3.05, 3.63) is 89.2 Å². The lowest BCUT2D eigenvalue weighted by atomic mass is 10.1. The second-order valence-corrected chi connectivity index (χ2v) is 10.2.